The molecule has 1 aliphatic rings. The standard InChI is InChI=1S/C16H22N6/c1-13(11-15-12-17-7-8-18-15)21-14-3-9-22(10-4-14)16-19-5-2-6-20-16/h2,5-8,12-14,21H,3-4,9-11H2,1H3. The molecule has 0 bridgehead atoms. The van der Waals surface area contributed by atoms with E-state index in [1.54, 1.807) is 24.8 Å². The number of nitrogens with zero attached hydrogens (tertiary/aromatic N) is 5. The number of piperidine rings is 1. The van der Waals surface area contributed by atoms with Gasteiger partial charge in [-0.05, 0) is 25.8 Å². The van der Waals surface area contributed by atoms with E-state index in [-0.39, 0.29) is 0 Å². The van der Waals surface area contributed by atoms with E-state index in [4.69, 9.17) is 0 Å². The van der Waals surface area contributed by atoms with E-state index >= 15 is 0 Å². The molecule has 0 radical (unpaired) electrons. The van der Waals surface area contributed by atoms with Gasteiger partial charge in [0.05, 0.1) is 5.69 Å². The van der Waals surface area contributed by atoms with Gasteiger partial charge in [0, 0.05) is 62.6 Å². The molecule has 22 heavy (non-hydrogen) atoms. The number of hydrogen-bond acceptors (Lipinski definition) is 6. The second kappa shape index (κ2) is 7.26. The van der Waals surface area contributed by atoms with E-state index in [1.807, 2.05) is 12.3 Å². The van der Waals surface area contributed by atoms with Gasteiger partial charge in [-0.25, -0.2) is 9.97 Å². The van der Waals surface area contributed by atoms with Crippen molar-refractivity contribution in [3.05, 3.63) is 42.7 Å². The van der Waals surface area contributed by atoms with Gasteiger partial charge in [0.1, 0.15) is 0 Å². The molecule has 0 spiro atoms. The van der Waals surface area contributed by atoms with Crippen molar-refractivity contribution < 1.29 is 0 Å². The Morgan fingerprint density at radius 2 is 1.91 bits per heavy atom. The number of hydrogen-bond donors (Lipinski definition) is 1. The molecule has 0 amide bonds. The molecule has 1 atom stereocenters. The normalized spacial score (nSPS) is 17.4. The van der Waals surface area contributed by atoms with Crippen LogP contribution < -0.4 is 10.2 Å². The molecular formula is C16H22N6. The molecule has 1 unspecified atom stereocenters. The van der Waals surface area contributed by atoms with Gasteiger partial charge < -0.3 is 10.2 Å². The molecule has 1 fully saturated rings. The summed E-state index contributed by atoms with van der Waals surface area (Å²) < 4.78 is 0. The SMILES string of the molecule is CC(Cc1cnccn1)NC1CCN(c2ncccn2)CC1. The van der Waals surface area contributed by atoms with Crippen molar-refractivity contribution in [3.63, 3.8) is 0 Å². The molecule has 6 heteroatoms. The summed E-state index contributed by atoms with van der Waals surface area (Å²) in [6.45, 7) is 4.21. The number of nitrogens with one attached hydrogen (secondary N) is 1. The first-order valence-corrected chi connectivity index (χ1v) is 7.84. The summed E-state index contributed by atoms with van der Waals surface area (Å²) in [5, 5.41) is 3.70. The van der Waals surface area contributed by atoms with Crippen molar-refractivity contribution in [3.8, 4) is 0 Å². The second-order valence-corrected chi connectivity index (χ2v) is 5.78. The van der Waals surface area contributed by atoms with Crippen LogP contribution in [0.15, 0.2) is 37.1 Å². The summed E-state index contributed by atoms with van der Waals surface area (Å²) in [6, 6.07) is 2.80. The van der Waals surface area contributed by atoms with Gasteiger partial charge in [-0.15, -0.1) is 0 Å². The Morgan fingerprint density at radius 1 is 1.14 bits per heavy atom. The first-order chi connectivity index (χ1) is 10.8. The van der Waals surface area contributed by atoms with Gasteiger partial charge in [-0.3, -0.25) is 9.97 Å². The molecule has 3 heterocycles. The Balaban J connectivity index is 1.46. The number of aromatic nitrogens is 4. The van der Waals surface area contributed by atoms with Crippen molar-refractivity contribution >= 4 is 5.95 Å². The Morgan fingerprint density at radius 3 is 2.59 bits per heavy atom. The van der Waals surface area contributed by atoms with Crippen molar-refractivity contribution in [2.45, 2.75) is 38.3 Å². The van der Waals surface area contributed by atoms with Crippen LogP contribution in [0.2, 0.25) is 0 Å². The van der Waals surface area contributed by atoms with Crippen LogP contribution in [0.4, 0.5) is 5.95 Å². The summed E-state index contributed by atoms with van der Waals surface area (Å²) in [6.07, 6.45) is 12.0. The lowest BCUT2D eigenvalue weighted by Crippen LogP contribution is -2.46. The molecule has 0 saturated carbocycles. The molecule has 116 valence electrons. The van der Waals surface area contributed by atoms with E-state index in [0.29, 0.717) is 12.1 Å². The fourth-order valence-electron chi connectivity index (χ4n) is 2.91. The van der Waals surface area contributed by atoms with Gasteiger partial charge in [0.25, 0.3) is 0 Å². The van der Waals surface area contributed by atoms with Gasteiger partial charge in [-0.1, -0.05) is 0 Å². The Kier molecular flexibility index (Phi) is 4.90. The highest BCUT2D eigenvalue weighted by atomic mass is 15.3. The van der Waals surface area contributed by atoms with Gasteiger partial charge in [0.15, 0.2) is 0 Å². The van der Waals surface area contributed by atoms with Crippen LogP contribution >= 0.6 is 0 Å². The molecule has 3 rings (SSSR count). The zero-order valence-corrected chi connectivity index (χ0v) is 12.9. The summed E-state index contributed by atoms with van der Waals surface area (Å²) >= 11 is 0. The van der Waals surface area contributed by atoms with E-state index in [1.165, 1.54) is 0 Å². The molecule has 2 aromatic rings. The fraction of sp³-hybridized carbons (Fsp3) is 0.500. The first kappa shape index (κ1) is 14.8. The van der Waals surface area contributed by atoms with Gasteiger partial charge in [-0.2, -0.15) is 0 Å². The topological polar surface area (TPSA) is 66.8 Å². The lowest BCUT2D eigenvalue weighted by atomic mass is 10.0. The minimum absolute atomic E-state index is 0.404. The lowest BCUT2D eigenvalue weighted by Gasteiger charge is -2.33. The predicted octanol–water partition coefficient (Wildman–Crippen LogP) is 1.46. The summed E-state index contributed by atoms with van der Waals surface area (Å²) in [4.78, 5) is 19.4. The van der Waals surface area contributed by atoms with Crippen LogP contribution in [0, 0.1) is 0 Å². The van der Waals surface area contributed by atoms with Crippen LogP contribution in [0.25, 0.3) is 0 Å². The molecule has 1 N–H and O–H groups in total. The molecule has 2 aromatic heterocycles. The summed E-state index contributed by atoms with van der Waals surface area (Å²) in [5.74, 6) is 0.841. The van der Waals surface area contributed by atoms with Crippen LogP contribution in [0.1, 0.15) is 25.5 Å². The highest BCUT2D eigenvalue weighted by Gasteiger charge is 2.21. The molecule has 1 aliphatic heterocycles. The largest absolute Gasteiger partial charge is 0.341 e. The maximum Gasteiger partial charge on any atom is 0.225 e. The highest BCUT2D eigenvalue weighted by Crippen LogP contribution is 2.16. The maximum atomic E-state index is 4.34. The average molecular weight is 298 g/mol. The first-order valence-electron chi connectivity index (χ1n) is 7.84. The van der Waals surface area contributed by atoms with Crippen molar-refractivity contribution in [1.82, 2.24) is 25.3 Å². The third-order valence-electron chi connectivity index (χ3n) is 3.98. The van der Waals surface area contributed by atoms with Gasteiger partial charge in [0.2, 0.25) is 5.95 Å². The maximum absolute atomic E-state index is 4.34. The molecule has 1 saturated heterocycles. The van der Waals surface area contributed by atoms with Crippen molar-refractivity contribution in [1.29, 1.82) is 0 Å². The van der Waals surface area contributed by atoms with Crippen LogP contribution in [0.3, 0.4) is 0 Å². The minimum atomic E-state index is 0.404. The monoisotopic (exact) mass is 298 g/mol. The van der Waals surface area contributed by atoms with E-state index in [2.05, 4.69) is 37.1 Å². The third kappa shape index (κ3) is 3.98. The summed E-state index contributed by atoms with van der Waals surface area (Å²) in [7, 11) is 0. The van der Waals surface area contributed by atoms with E-state index < -0.39 is 0 Å². The highest BCUT2D eigenvalue weighted by molar-refractivity contribution is 5.29. The Hall–Kier alpha value is -2.08. The van der Waals surface area contributed by atoms with Crippen LogP contribution in [-0.2, 0) is 6.42 Å². The number of rotatable bonds is 5. The van der Waals surface area contributed by atoms with E-state index in [0.717, 1.165) is 44.0 Å². The minimum Gasteiger partial charge on any atom is -0.341 e. The van der Waals surface area contributed by atoms with Gasteiger partial charge >= 0.3 is 0 Å². The predicted molar refractivity (Wildman–Crippen MR) is 85.6 cm³/mol. The zero-order valence-electron chi connectivity index (χ0n) is 12.9. The smallest absolute Gasteiger partial charge is 0.225 e. The van der Waals surface area contributed by atoms with Crippen molar-refractivity contribution in [2.75, 3.05) is 18.0 Å². The molecule has 0 aromatic carbocycles. The quantitative estimate of drug-likeness (QED) is 0.901. The zero-order chi connectivity index (χ0) is 15.2. The Labute approximate surface area is 131 Å². The Bertz CT molecular complexity index is 553. The average Bonchev–Trinajstić information content (AvgIpc) is 2.57. The molecular weight excluding hydrogens is 276 g/mol. The lowest BCUT2D eigenvalue weighted by molar-refractivity contribution is 0.372. The van der Waals surface area contributed by atoms with Crippen LogP contribution in [0.5, 0.6) is 0 Å². The number of anilines is 1. The van der Waals surface area contributed by atoms with Crippen LogP contribution in [-0.4, -0.2) is 45.1 Å². The van der Waals surface area contributed by atoms with Crippen molar-refractivity contribution in [2.24, 2.45) is 0 Å². The fourth-order valence-corrected chi connectivity index (χ4v) is 2.91. The second-order valence-electron chi connectivity index (χ2n) is 5.78. The summed E-state index contributed by atoms with van der Waals surface area (Å²) in [5.41, 5.74) is 1.04. The molecule has 0 aliphatic carbocycles. The third-order valence-corrected chi connectivity index (χ3v) is 3.98. The molecule has 6 nitrogen and oxygen atoms in total. The van der Waals surface area contributed by atoms with E-state index in [9.17, 15) is 0 Å².